The molecular weight excluding hydrogens is 354 g/mol. The van der Waals surface area contributed by atoms with Gasteiger partial charge in [0.25, 0.3) is 0 Å². The van der Waals surface area contributed by atoms with Gasteiger partial charge in [0.2, 0.25) is 0 Å². The average molecular weight is 388 g/mol. The standard InChI is InChI=1S/C21H33N5S/c1-6-26(7-2)14-18-11-9-8-10-17(18)12-23-21(22-5)24-13-20-25-19(15-27-20)16(3)4/h8-11,15-16H,6-7,12-14H2,1-5H3,(H2,22,23,24). The molecule has 6 heteroatoms. The van der Waals surface area contributed by atoms with E-state index in [9.17, 15) is 0 Å². The molecule has 1 heterocycles. The van der Waals surface area contributed by atoms with Crippen LogP contribution in [0.25, 0.3) is 0 Å². The van der Waals surface area contributed by atoms with Gasteiger partial charge >= 0.3 is 0 Å². The van der Waals surface area contributed by atoms with Gasteiger partial charge in [-0.1, -0.05) is 52.0 Å². The molecular formula is C21H33N5S. The number of hydrogen-bond acceptors (Lipinski definition) is 4. The molecule has 1 aromatic carbocycles. The molecule has 0 atom stereocenters. The molecule has 0 spiro atoms. The second kappa shape index (κ2) is 11.0. The van der Waals surface area contributed by atoms with Gasteiger partial charge in [0.15, 0.2) is 5.96 Å². The van der Waals surface area contributed by atoms with Gasteiger partial charge in [-0.3, -0.25) is 9.89 Å². The van der Waals surface area contributed by atoms with Gasteiger partial charge in [-0.05, 0) is 30.1 Å². The molecule has 2 aromatic rings. The van der Waals surface area contributed by atoms with Gasteiger partial charge in [0, 0.05) is 25.5 Å². The Bertz CT molecular complexity index is 719. The van der Waals surface area contributed by atoms with Crippen molar-refractivity contribution in [3.05, 3.63) is 51.5 Å². The van der Waals surface area contributed by atoms with Crippen molar-refractivity contribution in [2.45, 2.75) is 53.2 Å². The minimum absolute atomic E-state index is 0.467. The number of nitrogens with one attached hydrogen (secondary N) is 2. The molecule has 5 nitrogen and oxygen atoms in total. The zero-order chi connectivity index (χ0) is 19.6. The lowest BCUT2D eigenvalue weighted by Gasteiger charge is -2.20. The number of nitrogens with zero attached hydrogens (tertiary/aromatic N) is 3. The highest BCUT2D eigenvalue weighted by Crippen LogP contribution is 2.17. The van der Waals surface area contributed by atoms with Gasteiger partial charge in [0.1, 0.15) is 5.01 Å². The SMILES string of the molecule is CCN(CC)Cc1ccccc1CNC(=NC)NCc1nc(C(C)C)cs1. The Labute approximate surface area is 167 Å². The number of rotatable bonds is 9. The molecule has 0 aliphatic heterocycles. The Morgan fingerprint density at radius 2 is 1.78 bits per heavy atom. The Kier molecular flexibility index (Phi) is 8.75. The predicted molar refractivity (Wildman–Crippen MR) is 116 cm³/mol. The van der Waals surface area contributed by atoms with Crippen molar-refractivity contribution < 1.29 is 0 Å². The van der Waals surface area contributed by atoms with E-state index in [-0.39, 0.29) is 0 Å². The van der Waals surface area contributed by atoms with E-state index in [1.54, 1.807) is 18.4 Å². The lowest BCUT2D eigenvalue weighted by atomic mass is 10.1. The van der Waals surface area contributed by atoms with Crippen molar-refractivity contribution in [1.29, 1.82) is 0 Å². The van der Waals surface area contributed by atoms with Crippen molar-refractivity contribution in [3.63, 3.8) is 0 Å². The van der Waals surface area contributed by atoms with Gasteiger partial charge in [0.05, 0.1) is 12.2 Å². The molecule has 0 radical (unpaired) electrons. The number of aromatic nitrogens is 1. The zero-order valence-electron chi connectivity index (χ0n) is 17.2. The Morgan fingerprint density at radius 3 is 2.37 bits per heavy atom. The van der Waals surface area contributed by atoms with Crippen LogP contribution in [-0.2, 0) is 19.6 Å². The summed E-state index contributed by atoms with van der Waals surface area (Å²) in [6, 6.07) is 8.62. The van der Waals surface area contributed by atoms with Crippen LogP contribution in [0.3, 0.4) is 0 Å². The first-order valence-corrected chi connectivity index (χ1v) is 10.6. The quantitative estimate of drug-likeness (QED) is 0.505. The lowest BCUT2D eigenvalue weighted by molar-refractivity contribution is 0.295. The summed E-state index contributed by atoms with van der Waals surface area (Å²) in [6.07, 6.45) is 0. The molecule has 0 fully saturated rings. The van der Waals surface area contributed by atoms with Crippen molar-refractivity contribution in [2.75, 3.05) is 20.1 Å². The monoisotopic (exact) mass is 387 g/mol. The normalized spacial score (nSPS) is 12.0. The van der Waals surface area contributed by atoms with Crippen LogP contribution in [0.15, 0.2) is 34.6 Å². The summed E-state index contributed by atoms with van der Waals surface area (Å²) in [5.41, 5.74) is 3.83. The van der Waals surface area contributed by atoms with E-state index in [1.807, 2.05) is 0 Å². The van der Waals surface area contributed by atoms with E-state index in [2.05, 4.69) is 82.9 Å². The topological polar surface area (TPSA) is 52.5 Å². The molecule has 0 aliphatic carbocycles. The van der Waals surface area contributed by atoms with Gasteiger partial charge in [-0.2, -0.15) is 0 Å². The summed E-state index contributed by atoms with van der Waals surface area (Å²) in [5.74, 6) is 1.27. The summed E-state index contributed by atoms with van der Waals surface area (Å²) in [7, 11) is 1.80. The second-order valence-corrected chi connectivity index (χ2v) is 7.77. The van der Waals surface area contributed by atoms with Crippen molar-refractivity contribution >= 4 is 17.3 Å². The molecule has 0 bridgehead atoms. The van der Waals surface area contributed by atoms with Crippen molar-refractivity contribution in [2.24, 2.45) is 4.99 Å². The molecule has 0 aliphatic rings. The first kappa shape index (κ1) is 21.4. The number of guanidine groups is 1. The number of benzene rings is 1. The van der Waals surface area contributed by atoms with Gasteiger partial charge in [-0.15, -0.1) is 11.3 Å². The van der Waals surface area contributed by atoms with Crippen molar-refractivity contribution in [3.8, 4) is 0 Å². The van der Waals surface area contributed by atoms with Crippen LogP contribution in [0, 0.1) is 0 Å². The molecule has 148 valence electrons. The van der Waals surface area contributed by atoms with Crippen LogP contribution < -0.4 is 10.6 Å². The third kappa shape index (κ3) is 6.63. The summed E-state index contributed by atoms with van der Waals surface area (Å²) >= 11 is 1.70. The molecule has 0 unspecified atom stereocenters. The minimum Gasteiger partial charge on any atom is -0.352 e. The highest BCUT2D eigenvalue weighted by Gasteiger charge is 2.08. The fourth-order valence-corrected chi connectivity index (χ4v) is 3.70. The van der Waals surface area contributed by atoms with Crippen molar-refractivity contribution in [1.82, 2.24) is 20.5 Å². The van der Waals surface area contributed by atoms with Crippen LogP contribution >= 0.6 is 11.3 Å². The number of thiazole rings is 1. The van der Waals surface area contributed by atoms with E-state index < -0.39 is 0 Å². The minimum atomic E-state index is 0.467. The summed E-state index contributed by atoms with van der Waals surface area (Å²) in [6.45, 7) is 13.3. The Balaban J connectivity index is 1.92. The highest BCUT2D eigenvalue weighted by molar-refractivity contribution is 7.09. The first-order valence-electron chi connectivity index (χ1n) is 9.75. The summed E-state index contributed by atoms with van der Waals surface area (Å²) < 4.78 is 0. The van der Waals surface area contributed by atoms with Gasteiger partial charge in [-0.25, -0.2) is 4.98 Å². The van der Waals surface area contributed by atoms with Crippen LogP contribution in [-0.4, -0.2) is 36.0 Å². The number of hydrogen-bond donors (Lipinski definition) is 2. The molecule has 0 saturated carbocycles. The zero-order valence-corrected chi connectivity index (χ0v) is 18.1. The average Bonchev–Trinajstić information content (AvgIpc) is 3.16. The summed E-state index contributed by atoms with van der Waals surface area (Å²) in [4.78, 5) is 11.4. The second-order valence-electron chi connectivity index (χ2n) is 6.83. The molecule has 1 aromatic heterocycles. The lowest BCUT2D eigenvalue weighted by Crippen LogP contribution is -2.36. The van der Waals surface area contributed by atoms with E-state index in [0.29, 0.717) is 12.5 Å². The van der Waals surface area contributed by atoms with Crippen LogP contribution in [0.2, 0.25) is 0 Å². The van der Waals surface area contributed by atoms with Crippen LogP contribution in [0.1, 0.15) is 55.4 Å². The Hall–Kier alpha value is -1.92. The molecule has 2 rings (SSSR count). The third-order valence-corrected chi connectivity index (χ3v) is 5.51. The maximum Gasteiger partial charge on any atom is 0.191 e. The van der Waals surface area contributed by atoms with E-state index in [1.165, 1.54) is 11.1 Å². The first-order chi connectivity index (χ1) is 13.1. The maximum atomic E-state index is 4.67. The van der Waals surface area contributed by atoms with E-state index >= 15 is 0 Å². The van der Waals surface area contributed by atoms with E-state index in [0.717, 1.165) is 42.8 Å². The third-order valence-electron chi connectivity index (χ3n) is 4.64. The van der Waals surface area contributed by atoms with Crippen LogP contribution in [0.5, 0.6) is 0 Å². The largest absolute Gasteiger partial charge is 0.352 e. The molecule has 2 N–H and O–H groups in total. The van der Waals surface area contributed by atoms with Crippen LogP contribution in [0.4, 0.5) is 0 Å². The number of aliphatic imine (C=N–C) groups is 1. The molecule has 27 heavy (non-hydrogen) atoms. The van der Waals surface area contributed by atoms with E-state index in [4.69, 9.17) is 0 Å². The fourth-order valence-electron chi connectivity index (χ4n) is 2.80. The van der Waals surface area contributed by atoms with Gasteiger partial charge < -0.3 is 10.6 Å². The Morgan fingerprint density at radius 1 is 1.11 bits per heavy atom. The maximum absolute atomic E-state index is 4.67. The smallest absolute Gasteiger partial charge is 0.191 e. The predicted octanol–water partition coefficient (Wildman–Crippen LogP) is 3.97. The highest BCUT2D eigenvalue weighted by atomic mass is 32.1. The molecule has 0 saturated heterocycles. The summed E-state index contributed by atoms with van der Waals surface area (Å²) in [5, 5.41) is 10.0. The molecule has 0 amide bonds. The fraction of sp³-hybridized carbons (Fsp3) is 0.524.